The van der Waals surface area contributed by atoms with Gasteiger partial charge in [0.15, 0.2) is 0 Å². The zero-order valence-electron chi connectivity index (χ0n) is 12.6. The third kappa shape index (κ3) is 4.60. The highest BCUT2D eigenvalue weighted by atomic mass is 16.2. The third-order valence-corrected chi connectivity index (χ3v) is 4.34. The minimum Gasteiger partial charge on any atom is -0.355 e. The number of rotatable bonds is 6. The Labute approximate surface area is 112 Å². The van der Waals surface area contributed by atoms with Gasteiger partial charge in [0, 0.05) is 12.6 Å². The molecule has 1 aliphatic rings. The highest BCUT2D eigenvalue weighted by molar-refractivity contribution is 5.81. The summed E-state index contributed by atoms with van der Waals surface area (Å²) in [5, 5.41) is 6.50. The Bertz CT molecular complexity index is 265. The lowest BCUT2D eigenvalue weighted by Crippen LogP contribution is -2.48. The summed E-state index contributed by atoms with van der Waals surface area (Å²) in [6.45, 7) is 11.7. The van der Waals surface area contributed by atoms with Gasteiger partial charge in [-0.2, -0.15) is 0 Å². The van der Waals surface area contributed by atoms with Gasteiger partial charge in [0.25, 0.3) is 0 Å². The molecule has 3 heteroatoms. The molecule has 0 heterocycles. The first-order valence-corrected chi connectivity index (χ1v) is 7.45. The van der Waals surface area contributed by atoms with Crippen LogP contribution in [0.1, 0.15) is 53.9 Å². The van der Waals surface area contributed by atoms with Gasteiger partial charge >= 0.3 is 0 Å². The topological polar surface area (TPSA) is 41.1 Å². The van der Waals surface area contributed by atoms with Crippen molar-refractivity contribution in [2.75, 3.05) is 6.54 Å². The van der Waals surface area contributed by atoms with Crippen molar-refractivity contribution in [3.05, 3.63) is 0 Å². The van der Waals surface area contributed by atoms with Crippen LogP contribution in [0.5, 0.6) is 0 Å². The van der Waals surface area contributed by atoms with Gasteiger partial charge in [-0.15, -0.1) is 0 Å². The molecular formula is C15H30N2O. The quantitative estimate of drug-likeness (QED) is 0.765. The molecule has 0 bridgehead atoms. The smallest absolute Gasteiger partial charge is 0.236 e. The summed E-state index contributed by atoms with van der Waals surface area (Å²) in [6.07, 6.45) is 3.53. The van der Waals surface area contributed by atoms with Crippen molar-refractivity contribution in [2.24, 2.45) is 17.8 Å². The van der Waals surface area contributed by atoms with Gasteiger partial charge in [-0.1, -0.05) is 27.7 Å². The Kier molecular flexibility index (Phi) is 6.13. The average Bonchev–Trinajstić information content (AvgIpc) is 2.60. The standard InChI is InChI=1S/C15H30N2O/c1-10(2)8-9-16-15(18)13(5)17-14-7-6-11(3)12(14)4/h10-14,17H,6-9H2,1-5H3,(H,16,18). The summed E-state index contributed by atoms with van der Waals surface area (Å²) in [7, 11) is 0. The van der Waals surface area contributed by atoms with Crippen LogP contribution in [0.3, 0.4) is 0 Å². The van der Waals surface area contributed by atoms with Crippen molar-refractivity contribution in [3.63, 3.8) is 0 Å². The van der Waals surface area contributed by atoms with Gasteiger partial charge in [-0.3, -0.25) is 4.79 Å². The molecule has 4 atom stereocenters. The molecule has 0 aromatic heterocycles. The average molecular weight is 254 g/mol. The molecule has 0 aromatic rings. The van der Waals surface area contributed by atoms with Crippen LogP contribution in [0.25, 0.3) is 0 Å². The zero-order chi connectivity index (χ0) is 13.7. The normalized spacial score (nSPS) is 29.6. The third-order valence-electron chi connectivity index (χ3n) is 4.34. The maximum Gasteiger partial charge on any atom is 0.236 e. The van der Waals surface area contributed by atoms with Gasteiger partial charge in [0.2, 0.25) is 5.91 Å². The van der Waals surface area contributed by atoms with Crippen LogP contribution in [-0.2, 0) is 4.79 Å². The monoisotopic (exact) mass is 254 g/mol. The van der Waals surface area contributed by atoms with E-state index in [0.29, 0.717) is 17.9 Å². The van der Waals surface area contributed by atoms with Gasteiger partial charge < -0.3 is 10.6 Å². The van der Waals surface area contributed by atoms with E-state index in [1.165, 1.54) is 12.8 Å². The molecule has 1 rings (SSSR count). The van der Waals surface area contributed by atoms with Crippen molar-refractivity contribution in [1.82, 2.24) is 10.6 Å². The number of nitrogens with one attached hydrogen (secondary N) is 2. The largest absolute Gasteiger partial charge is 0.355 e. The van der Waals surface area contributed by atoms with Gasteiger partial charge in [0.1, 0.15) is 0 Å². The maximum atomic E-state index is 11.9. The van der Waals surface area contributed by atoms with Crippen molar-refractivity contribution in [2.45, 2.75) is 66.0 Å². The Balaban J connectivity index is 2.27. The number of carbonyl (C=O) groups excluding carboxylic acids is 1. The van der Waals surface area contributed by atoms with Crippen LogP contribution in [-0.4, -0.2) is 24.5 Å². The van der Waals surface area contributed by atoms with Crippen LogP contribution in [0.15, 0.2) is 0 Å². The first-order chi connectivity index (χ1) is 8.41. The molecule has 0 radical (unpaired) electrons. The second-order valence-corrected chi connectivity index (χ2v) is 6.38. The Morgan fingerprint density at radius 1 is 1.22 bits per heavy atom. The van der Waals surface area contributed by atoms with Crippen molar-refractivity contribution < 1.29 is 4.79 Å². The molecule has 1 amide bonds. The molecule has 0 spiro atoms. The number of hydrogen-bond donors (Lipinski definition) is 2. The molecule has 4 unspecified atom stereocenters. The van der Waals surface area contributed by atoms with E-state index in [0.717, 1.165) is 18.9 Å². The highest BCUT2D eigenvalue weighted by Gasteiger charge is 2.31. The highest BCUT2D eigenvalue weighted by Crippen LogP contribution is 2.31. The molecular weight excluding hydrogens is 224 g/mol. The molecule has 0 aromatic carbocycles. The second-order valence-electron chi connectivity index (χ2n) is 6.38. The molecule has 3 nitrogen and oxygen atoms in total. The molecule has 106 valence electrons. The molecule has 1 fully saturated rings. The second kappa shape index (κ2) is 7.13. The summed E-state index contributed by atoms with van der Waals surface area (Å²) in [5.41, 5.74) is 0. The summed E-state index contributed by atoms with van der Waals surface area (Å²) in [5.74, 6) is 2.24. The maximum absolute atomic E-state index is 11.9. The van der Waals surface area contributed by atoms with E-state index in [1.54, 1.807) is 0 Å². The molecule has 18 heavy (non-hydrogen) atoms. The first-order valence-electron chi connectivity index (χ1n) is 7.45. The van der Waals surface area contributed by atoms with E-state index in [2.05, 4.69) is 38.3 Å². The number of carbonyl (C=O) groups is 1. The van der Waals surface area contributed by atoms with Crippen LogP contribution < -0.4 is 10.6 Å². The van der Waals surface area contributed by atoms with Gasteiger partial charge in [0.05, 0.1) is 6.04 Å². The van der Waals surface area contributed by atoms with Crippen LogP contribution in [0.4, 0.5) is 0 Å². The fourth-order valence-electron chi connectivity index (χ4n) is 2.63. The lowest BCUT2D eigenvalue weighted by Gasteiger charge is -2.23. The minimum atomic E-state index is -0.0742. The SMILES string of the molecule is CC(C)CCNC(=O)C(C)NC1CCC(C)C1C. The molecule has 0 saturated heterocycles. The Hall–Kier alpha value is -0.570. The summed E-state index contributed by atoms with van der Waals surface area (Å²) in [4.78, 5) is 11.9. The van der Waals surface area contributed by atoms with Gasteiger partial charge in [-0.25, -0.2) is 0 Å². The molecule has 0 aliphatic heterocycles. The fraction of sp³-hybridized carbons (Fsp3) is 0.933. The van der Waals surface area contributed by atoms with Gasteiger partial charge in [-0.05, 0) is 43.9 Å². The fourth-order valence-corrected chi connectivity index (χ4v) is 2.63. The summed E-state index contributed by atoms with van der Waals surface area (Å²) in [6, 6.07) is 0.431. The zero-order valence-corrected chi connectivity index (χ0v) is 12.6. The van der Waals surface area contributed by atoms with E-state index >= 15 is 0 Å². The number of amides is 1. The van der Waals surface area contributed by atoms with Crippen LogP contribution in [0.2, 0.25) is 0 Å². The van der Waals surface area contributed by atoms with Crippen LogP contribution >= 0.6 is 0 Å². The Morgan fingerprint density at radius 2 is 1.89 bits per heavy atom. The van der Waals surface area contributed by atoms with Crippen molar-refractivity contribution in [1.29, 1.82) is 0 Å². The Morgan fingerprint density at radius 3 is 2.39 bits per heavy atom. The van der Waals surface area contributed by atoms with E-state index in [-0.39, 0.29) is 11.9 Å². The summed E-state index contributed by atoms with van der Waals surface area (Å²) >= 11 is 0. The molecule has 1 aliphatic carbocycles. The lowest BCUT2D eigenvalue weighted by atomic mass is 9.97. The van der Waals surface area contributed by atoms with E-state index in [1.807, 2.05) is 6.92 Å². The van der Waals surface area contributed by atoms with E-state index < -0.39 is 0 Å². The predicted molar refractivity (Wildman–Crippen MR) is 76.4 cm³/mol. The van der Waals surface area contributed by atoms with E-state index in [9.17, 15) is 4.79 Å². The lowest BCUT2D eigenvalue weighted by molar-refractivity contribution is -0.123. The first kappa shape index (κ1) is 15.5. The van der Waals surface area contributed by atoms with E-state index in [4.69, 9.17) is 0 Å². The minimum absolute atomic E-state index is 0.0742. The van der Waals surface area contributed by atoms with Crippen molar-refractivity contribution in [3.8, 4) is 0 Å². The predicted octanol–water partition coefficient (Wildman–Crippen LogP) is 2.56. The molecule has 2 N–H and O–H groups in total. The number of hydrogen-bond acceptors (Lipinski definition) is 2. The van der Waals surface area contributed by atoms with Crippen LogP contribution in [0, 0.1) is 17.8 Å². The molecule has 1 saturated carbocycles. The summed E-state index contributed by atoms with van der Waals surface area (Å²) < 4.78 is 0. The van der Waals surface area contributed by atoms with Crippen molar-refractivity contribution >= 4 is 5.91 Å².